The normalized spacial score (nSPS) is 16.0. The lowest BCUT2D eigenvalue weighted by Gasteiger charge is -2.14. The molecule has 0 amide bonds. The molecule has 0 spiro atoms. The topological polar surface area (TPSA) is 63.3 Å². The predicted molar refractivity (Wildman–Crippen MR) is 88.3 cm³/mol. The van der Waals surface area contributed by atoms with Crippen molar-refractivity contribution >= 4 is 0 Å². The second-order valence-corrected chi connectivity index (χ2v) is 5.69. The van der Waals surface area contributed by atoms with Gasteiger partial charge in [0.05, 0.1) is 7.11 Å². The Hall–Kier alpha value is -2.76. The summed E-state index contributed by atoms with van der Waals surface area (Å²) in [7, 11) is 5.53. The highest BCUT2D eigenvalue weighted by Crippen LogP contribution is 2.26. The van der Waals surface area contributed by atoms with Crippen molar-refractivity contribution in [2.75, 3.05) is 34.3 Å². The molecule has 1 aliphatic rings. The van der Waals surface area contributed by atoms with E-state index in [2.05, 4.69) is 4.90 Å². The molecule has 0 radical (unpaired) electrons. The van der Waals surface area contributed by atoms with Gasteiger partial charge in [0.2, 0.25) is 0 Å². The van der Waals surface area contributed by atoms with Crippen LogP contribution in [0.2, 0.25) is 0 Å². The molecule has 1 fully saturated rings. The average Bonchev–Trinajstić information content (AvgIpc) is 2.91. The SMILES string of the molecule is COc1ccc(CN2CC(=CN(C)C)C(=C(C#N)C#N)C2)cc1. The summed E-state index contributed by atoms with van der Waals surface area (Å²) in [6.45, 7) is 2.11. The smallest absolute Gasteiger partial charge is 0.134 e. The molecule has 0 aliphatic carbocycles. The number of rotatable bonds is 4. The maximum Gasteiger partial charge on any atom is 0.134 e. The molecule has 1 heterocycles. The van der Waals surface area contributed by atoms with Gasteiger partial charge in [-0.1, -0.05) is 12.1 Å². The zero-order valence-electron chi connectivity index (χ0n) is 13.7. The van der Waals surface area contributed by atoms with Crippen LogP contribution in [-0.2, 0) is 6.54 Å². The summed E-state index contributed by atoms with van der Waals surface area (Å²) in [6.07, 6.45) is 1.98. The first-order valence-electron chi connectivity index (χ1n) is 7.33. The molecule has 0 N–H and O–H groups in total. The Labute approximate surface area is 137 Å². The number of methoxy groups -OCH3 is 1. The Morgan fingerprint density at radius 3 is 2.39 bits per heavy atom. The third kappa shape index (κ3) is 4.12. The number of nitrogens with zero attached hydrogens (tertiary/aromatic N) is 4. The lowest BCUT2D eigenvalue weighted by atomic mass is 10.1. The van der Waals surface area contributed by atoms with Crippen molar-refractivity contribution in [2.45, 2.75) is 6.54 Å². The zero-order chi connectivity index (χ0) is 16.8. The molecule has 0 saturated carbocycles. The first-order valence-corrected chi connectivity index (χ1v) is 7.33. The summed E-state index contributed by atoms with van der Waals surface area (Å²) in [6, 6.07) is 12.0. The standard InChI is InChI=1S/C18H20N4O/c1-21(2)11-16-12-22(13-18(16)15(8-19)9-20)10-14-4-6-17(23-3)7-5-14/h4-7,11H,10,12-13H2,1-3H3. The van der Waals surface area contributed by atoms with Crippen molar-refractivity contribution in [3.05, 3.63) is 52.7 Å². The number of likely N-dealkylation sites (tertiary alicyclic amines) is 1. The van der Waals surface area contributed by atoms with Gasteiger partial charge in [-0.2, -0.15) is 10.5 Å². The molecule has 2 rings (SSSR count). The molecule has 23 heavy (non-hydrogen) atoms. The van der Waals surface area contributed by atoms with Gasteiger partial charge < -0.3 is 9.64 Å². The summed E-state index contributed by atoms with van der Waals surface area (Å²) in [4.78, 5) is 4.17. The minimum Gasteiger partial charge on any atom is -0.497 e. The Kier molecular flexibility index (Phi) is 5.41. The number of hydrogen-bond acceptors (Lipinski definition) is 5. The van der Waals surface area contributed by atoms with E-state index in [1.54, 1.807) is 7.11 Å². The van der Waals surface area contributed by atoms with Crippen LogP contribution in [0.1, 0.15) is 5.56 Å². The van der Waals surface area contributed by atoms with E-state index in [9.17, 15) is 0 Å². The van der Waals surface area contributed by atoms with Crippen molar-refractivity contribution in [3.8, 4) is 17.9 Å². The van der Waals surface area contributed by atoms with E-state index in [-0.39, 0.29) is 5.57 Å². The summed E-state index contributed by atoms with van der Waals surface area (Å²) < 4.78 is 5.17. The van der Waals surface area contributed by atoms with E-state index in [1.807, 2.05) is 61.6 Å². The Morgan fingerprint density at radius 2 is 1.87 bits per heavy atom. The van der Waals surface area contributed by atoms with Crippen molar-refractivity contribution in [3.63, 3.8) is 0 Å². The van der Waals surface area contributed by atoms with E-state index < -0.39 is 0 Å². The second-order valence-electron chi connectivity index (χ2n) is 5.69. The molecule has 118 valence electrons. The molecule has 0 bridgehead atoms. The third-order valence-electron chi connectivity index (χ3n) is 3.67. The molecule has 5 heteroatoms. The summed E-state index contributed by atoms with van der Waals surface area (Å²) in [5.74, 6) is 0.834. The highest BCUT2D eigenvalue weighted by atomic mass is 16.5. The van der Waals surface area contributed by atoms with E-state index in [0.29, 0.717) is 6.54 Å². The van der Waals surface area contributed by atoms with Crippen LogP contribution in [-0.4, -0.2) is 44.1 Å². The van der Waals surface area contributed by atoms with Crippen molar-refractivity contribution in [1.82, 2.24) is 9.80 Å². The number of benzene rings is 1. The van der Waals surface area contributed by atoms with Crippen LogP contribution in [0.4, 0.5) is 0 Å². The molecular formula is C18H20N4O. The summed E-state index contributed by atoms with van der Waals surface area (Å²) in [5.41, 5.74) is 3.24. The minimum atomic E-state index is 0.204. The van der Waals surface area contributed by atoms with Crippen LogP contribution in [0.25, 0.3) is 0 Å². The number of nitriles is 2. The van der Waals surface area contributed by atoms with Crippen molar-refractivity contribution in [2.24, 2.45) is 0 Å². The molecule has 0 aromatic heterocycles. The Morgan fingerprint density at radius 1 is 1.22 bits per heavy atom. The molecule has 1 aromatic rings. The highest BCUT2D eigenvalue weighted by molar-refractivity contribution is 5.52. The third-order valence-corrected chi connectivity index (χ3v) is 3.67. The van der Waals surface area contributed by atoms with E-state index in [0.717, 1.165) is 30.0 Å². The predicted octanol–water partition coefficient (Wildman–Crippen LogP) is 2.30. The number of allylic oxidation sites excluding steroid dienone is 1. The first kappa shape index (κ1) is 16.6. The van der Waals surface area contributed by atoms with Crippen LogP contribution in [0, 0.1) is 22.7 Å². The van der Waals surface area contributed by atoms with Crippen LogP contribution >= 0.6 is 0 Å². The number of ether oxygens (including phenoxy) is 1. The first-order chi connectivity index (χ1) is 11.1. The maximum atomic E-state index is 9.17. The van der Waals surface area contributed by atoms with E-state index in [1.165, 1.54) is 5.56 Å². The molecule has 0 unspecified atom stereocenters. The fourth-order valence-electron chi connectivity index (χ4n) is 2.65. The van der Waals surface area contributed by atoms with Crippen LogP contribution < -0.4 is 4.74 Å². The fourth-order valence-corrected chi connectivity index (χ4v) is 2.65. The quantitative estimate of drug-likeness (QED) is 0.799. The van der Waals surface area contributed by atoms with E-state index >= 15 is 0 Å². The molecule has 0 atom stereocenters. The van der Waals surface area contributed by atoms with Gasteiger partial charge in [-0.3, -0.25) is 4.90 Å². The van der Waals surface area contributed by atoms with Gasteiger partial charge >= 0.3 is 0 Å². The maximum absolute atomic E-state index is 9.17. The van der Waals surface area contributed by atoms with Crippen LogP contribution in [0.15, 0.2) is 47.2 Å². The van der Waals surface area contributed by atoms with E-state index in [4.69, 9.17) is 15.3 Å². The van der Waals surface area contributed by atoms with Gasteiger partial charge in [0.25, 0.3) is 0 Å². The second kappa shape index (κ2) is 7.49. The molecular weight excluding hydrogens is 288 g/mol. The number of hydrogen-bond donors (Lipinski definition) is 0. The average molecular weight is 308 g/mol. The lowest BCUT2D eigenvalue weighted by Crippen LogP contribution is -2.19. The van der Waals surface area contributed by atoms with Crippen molar-refractivity contribution < 1.29 is 4.74 Å². The van der Waals surface area contributed by atoms with Gasteiger partial charge in [0.1, 0.15) is 23.5 Å². The highest BCUT2D eigenvalue weighted by Gasteiger charge is 2.25. The molecule has 1 saturated heterocycles. The summed E-state index contributed by atoms with van der Waals surface area (Å²) in [5, 5.41) is 18.3. The largest absolute Gasteiger partial charge is 0.497 e. The van der Waals surface area contributed by atoms with Gasteiger partial charge in [-0.15, -0.1) is 0 Å². The molecule has 1 aliphatic heterocycles. The molecule has 5 nitrogen and oxygen atoms in total. The minimum absolute atomic E-state index is 0.204. The van der Waals surface area contributed by atoms with Crippen LogP contribution in [0.3, 0.4) is 0 Å². The Bertz CT molecular complexity index is 686. The monoisotopic (exact) mass is 308 g/mol. The lowest BCUT2D eigenvalue weighted by molar-refractivity contribution is 0.345. The van der Waals surface area contributed by atoms with Crippen molar-refractivity contribution in [1.29, 1.82) is 10.5 Å². The van der Waals surface area contributed by atoms with Gasteiger partial charge in [0.15, 0.2) is 0 Å². The van der Waals surface area contributed by atoms with Gasteiger partial charge in [0, 0.05) is 45.5 Å². The zero-order valence-corrected chi connectivity index (χ0v) is 13.7. The van der Waals surface area contributed by atoms with Gasteiger partial charge in [-0.05, 0) is 23.3 Å². The van der Waals surface area contributed by atoms with Crippen LogP contribution in [0.5, 0.6) is 5.75 Å². The molecule has 1 aromatic carbocycles. The fraction of sp³-hybridized carbons (Fsp3) is 0.333. The van der Waals surface area contributed by atoms with Gasteiger partial charge in [-0.25, -0.2) is 0 Å². The summed E-state index contributed by atoms with van der Waals surface area (Å²) >= 11 is 0. The Balaban J connectivity index is 2.21.